The second-order valence-corrected chi connectivity index (χ2v) is 4.43. The van der Waals surface area contributed by atoms with Gasteiger partial charge in [0, 0.05) is 18.0 Å². The smallest absolute Gasteiger partial charge is 0.323 e. The van der Waals surface area contributed by atoms with E-state index in [0.29, 0.717) is 6.07 Å². The van der Waals surface area contributed by atoms with Crippen molar-refractivity contribution in [3.05, 3.63) is 41.5 Å². The van der Waals surface area contributed by atoms with E-state index >= 15 is 0 Å². The lowest BCUT2D eigenvalue weighted by atomic mass is 9.97. The lowest BCUT2D eigenvalue weighted by molar-refractivity contribution is -0.137. The third-order valence-electron chi connectivity index (χ3n) is 3.08. The number of fused-ring (bicyclic) bond motifs is 1. The summed E-state index contributed by atoms with van der Waals surface area (Å²) in [7, 11) is 0. The average molecular weight is 297 g/mol. The fourth-order valence-corrected chi connectivity index (χ4v) is 2.27. The summed E-state index contributed by atoms with van der Waals surface area (Å²) < 4.78 is 53.3. The zero-order chi connectivity index (χ0) is 15.2. The second-order valence-electron chi connectivity index (χ2n) is 4.43. The van der Waals surface area contributed by atoms with Gasteiger partial charge in [-0.3, -0.25) is 4.79 Å². The van der Waals surface area contributed by atoms with Crippen LogP contribution in [0, 0.1) is 5.82 Å². The highest BCUT2D eigenvalue weighted by Crippen LogP contribution is 2.43. The summed E-state index contributed by atoms with van der Waals surface area (Å²) in [5, 5.41) is 2.22. The van der Waals surface area contributed by atoms with Crippen molar-refractivity contribution in [2.24, 2.45) is 0 Å². The molecule has 1 aliphatic rings. The number of nitrogens with one attached hydrogen (secondary N) is 1. The maximum Gasteiger partial charge on any atom is 0.417 e. The van der Waals surface area contributed by atoms with Gasteiger partial charge in [0.15, 0.2) is 5.82 Å². The molecular formula is C13H7F4N3O. The van der Waals surface area contributed by atoms with E-state index in [1.54, 1.807) is 0 Å². The van der Waals surface area contributed by atoms with Gasteiger partial charge in [0.25, 0.3) is 0 Å². The minimum absolute atomic E-state index is 0.0708. The Labute approximate surface area is 115 Å². The molecule has 0 spiro atoms. The number of benzene rings is 1. The van der Waals surface area contributed by atoms with Crippen molar-refractivity contribution in [1.29, 1.82) is 0 Å². The Kier molecular flexibility index (Phi) is 2.89. The molecule has 2 aromatic rings. The normalized spacial score (nSPS) is 14.0. The Balaban J connectivity index is 2.35. The molecule has 2 heterocycles. The molecular weight excluding hydrogens is 290 g/mol. The maximum atomic E-state index is 13.8. The van der Waals surface area contributed by atoms with Crippen molar-refractivity contribution < 1.29 is 22.4 Å². The predicted molar refractivity (Wildman–Crippen MR) is 64.8 cm³/mol. The van der Waals surface area contributed by atoms with Crippen LogP contribution in [0.5, 0.6) is 0 Å². The number of hydrogen-bond donors (Lipinski definition) is 1. The van der Waals surface area contributed by atoms with E-state index in [2.05, 4.69) is 15.3 Å². The van der Waals surface area contributed by atoms with Crippen LogP contribution in [-0.4, -0.2) is 15.9 Å². The molecule has 0 bridgehead atoms. The van der Waals surface area contributed by atoms with Crippen molar-refractivity contribution >= 4 is 11.6 Å². The van der Waals surface area contributed by atoms with Crippen LogP contribution < -0.4 is 5.32 Å². The van der Waals surface area contributed by atoms with Gasteiger partial charge in [-0.05, 0) is 17.7 Å². The van der Waals surface area contributed by atoms with Gasteiger partial charge in [-0.15, -0.1) is 0 Å². The van der Waals surface area contributed by atoms with E-state index < -0.39 is 23.5 Å². The Bertz CT molecular complexity index is 728. The fraction of sp³-hybridized carbons (Fsp3) is 0.154. The summed E-state index contributed by atoms with van der Waals surface area (Å²) in [6, 6.07) is 1.81. The second kappa shape index (κ2) is 4.51. The number of hydrogen-bond acceptors (Lipinski definition) is 3. The number of amides is 1. The number of carbonyl (C=O) groups excluding carboxylic acids is 1. The molecule has 1 aliphatic heterocycles. The lowest BCUT2D eigenvalue weighted by Gasteiger charge is -2.15. The van der Waals surface area contributed by atoms with Gasteiger partial charge < -0.3 is 5.32 Å². The van der Waals surface area contributed by atoms with Gasteiger partial charge in [-0.25, -0.2) is 14.4 Å². The molecule has 1 N–H and O–H groups in total. The highest BCUT2D eigenvalue weighted by molar-refractivity contribution is 6.02. The van der Waals surface area contributed by atoms with Crippen LogP contribution in [-0.2, 0) is 17.4 Å². The first-order valence-electron chi connectivity index (χ1n) is 5.87. The maximum absolute atomic E-state index is 13.8. The summed E-state index contributed by atoms with van der Waals surface area (Å²) in [6.45, 7) is 0. The van der Waals surface area contributed by atoms with Crippen LogP contribution >= 0.6 is 0 Å². The first-order valence-corrected chi connectivity index (χ1v) is 5.87. The van der Waals surface area contributed by atoms with Crippen molar-refractivity contribution in [1.82, 2.24) is 9.97 Å². The quantitative estimate of drug-likeness (QED) is 0.823. The molecule has 1 amide bonds. The van der Waals surface area contributed by atoms with Crippen LogP contribution in [0.2, 0.25) is 0 Å². The van der Waals surface area contributed by atoms with Crippen molar-refractivity contribution in [3.63, 3.8) is 0 Å². The zero-order valence-corrected chi connectivity index (χ0v) is 10.3. The van der Waals surface area contributed by atoms with Crippen LogP contribution in [0.15, 0.2) is 24.5 Å². The van der Waals surface area contributed by atoms with Crippen LogP contribution in [0.3, 0.4) is 0 Å². The van der Waals surface area contributed by atoms with Crippen molar-refractivity contribution in [2.45, 2.75) is 12.6 Å². The summed E-state index contributed by atoms with van der Waals surface area (Å²) in [4.78, 5) is 19.0. The van der Waals surface area contributed by atoms with Gasteiger partial charge >= 0.3 is 6.18 Å². The average Bonchev–Trinajstić information content (AvgIpc) is 2.80. The molecule has 4 nitrogen and oxygen atoms in total. The third-order valence-corrected chi connectivity index (χ3v) is 3.08. The number of halogens is 4. The molecule has 0 saturated carbocycles. The molecule has 0 unspecified atom stereocenters. The molecule has 0 radical (unpaired) electrons. The molecule has 0 atom stereocenters. The van der Waals surface area contributed by atoms with E-state index in [4.69, 9.17) is 0 Å². The van der Waals surface area contributed by atoms with Gasteiger partial charge in [0.2, 0.25) is 5.91 Å². The standard InChI is InChI=1S/C13H7F4N3O/c14-8-5-7(13(15,16)17)10(12-18-2-1-3-19-12)6-4-9(21)20-11(6)8/h1-3,5H,4H2,(H,20,21). The third kappa shape index (κ3) is 2.22. The number of rotatable bonds is 1. The van der Waals surface area contributed by atoms with Gasteiger partial charge in [0.05, 0.1) is 17.7 Å². The summed E-state index contributed by atoms with van der Waals surface area (Å²) in [5.41, 5.74) is -1.87. The number of anilines is 1. The van der Waals surface area contributed by atoms with Gasteiger partial charge in [-0.1, -0.05) is 0 Å². The molecule has 0 aliphatic carbocycles. The molecule has 0 saturated heterocycles. The minimum Gasteiger partial charge on any atom is -0.323 e. The van der Waals surface area contributed by atoms with Crippen LogP contribution in [0.4, 0.5) is 23.2 Å². The van der Waals surface area contributed by atoms with Gasteiger partial charge in [0.1, 0.15) is 5.82 Å². The van der Waals surface area contributed by atoms with E-state index in [0.717, 1.165) is 0 Å². The molecule has 8 heteroatoms. The van der Waals surface area contributed by atoms with E-state index in [1.807, 2.05) is 0 Å². The fourth-order valence-electron chi connectivity index (χ4n) is 2.27. The molecule has 21 heavy (non-hydrogen) atoms. The topological polar surface area (TPSA) is 54.9 Å². The highest BCUT2D eigenvalue weighted by Gasteiger charge is 2.39. The number of alkyl halides is 3. The minimum atomic E-state index is -4.78. The summed E-state index contributed by atoms with van der Waals surface area (Å²) >= 11 is 0. The molecule has 3 rings (SSSR count). The van der Waals surface area contributed by atoms with Crippen LogP contribution in [0.25, 0.3) is 11.4 Å². The summed E-state index contributed by atoms with van der Waals surface area (Å²) in [6.07, 6.45) is -2.56. The first-order chi connectivity index (χ1) is 9.88. The van der Waals surface area contributed by atoms with Gasteiger partial charge in [-0.2, -0.15) is 13.2 Å². The Morgan fingerprint density at radius 3 is 2.48 bits per heavy atom. The predicted octanol–water partition coefficient (Wildman–Crippen LogP) is 2.80. The molecule has 108 valence electrons. The number of nitrogens with zero attached hydrogens (tertiary/aromatic N) is 2. The monoisotopic (exact) mass is 297 g/mol. The molecule has 0 fully saturated rings. The Morgan fingerprint density at radius 2 is 1.86 bits per heavy atom. The molecule has 1 aromatic carbocycles. The van der Waals surface area contributed by atoms with E-state index in [1.165, 1.54) is 18.5 Å². The molecule has 1 aromatic heterocycles. The van der Waals surface area contributed by atoms with E-state index in [-0.39, 0.29) is 29.1 Å². The number of carbonyl (C=O) groups is 1. The lowest BCUT2D eigenvalue weighted by Crippen LogP contribution is -2.11. The largest absolute Gasteiger partial charge is 0.417 e. The zero-order valence-electron chi connectivity index (χ0n) is 10.3. The van der Waals surface area contributed by atoms with Crippen LogP contribution in [0.1, 0.15) is 11.1 Å². The van der Waals surface area contributed by atoms with Crippen molar-refractivity contribution in [2.75, 3.05) is 5.32 Å². The number of aromatic nitrogens is 2. The van der Waals surface area contributed by atoms with Crippen molar-refractivity contribution in [3.8, 4) is 11.4 Å². The SMILES string of the molecule is O=C1Cc2c(c(F)cc(C(F)(F)F)c2-c2ncccn2)N1. The summed E-state index contributed by atoms with van der Waals surface area (Å²) in [5.74, 6) is -1.89. The van der Waals surface area contributed by atoms with E-state index in [9.17, 15) is 22.4 Å². The first kappa shape index (κ1) is 13.5. The Morgan fingerprint density at radius 1 is 1.19 bits per heavy atom. The Hall–Kier alpha value is -2.51. The highest BCUT2D eigenvalue weighted by atomic mass is 19.4.